The van der Waals surface area contributed by atoms with E-state index in [2.05, 4.69) is 5.10 Å². The molecule has 0 N–H and O–H groups in total. The van der Waals surface area contributed by atoms with Crippen molar-refractivity contribution in [2.24, 2.45) is 0 Å². The maximum Gasteiger partial charge on any atom is 0.243 e. The molecule has 19 heavy (non-hydrogen) atoms. The summed E-state index contributed by atoms with van der Waals surface area (Å²) < 4.78 is 27.8. The minimum absolute atomic E-state index is 0.306. The summed E-state index contributed by atoms with van der Waals surface area (Å²) >= 11 is 0. The number of hydrogen-bond acceptors (Lipinski definition) is 3. The zero-order valence-electron chi connectivity index (χ0n) is 11.0. The summed E-state index contributed by atoms with van der Waals surface area (Å²) in [4.78, 5) is 0.306. The van der Waals surface area contributed by atoms with Gasteiger partial charge in [-0.05, 0) is 25.1 Å². The molecule has 1 aromatic heterocycles. The van der Waals surface area contributed by atoms with Crippen LogP contribution in [0.5, 0.6) is 0 Å². The zero-order valence-corrected chi connectivity index (χ0v) is 11.8. The Labute approximate surface area is 113 Å². The van der Waals surface area contributed by atoms with Crippen LogP contribution in [0.1, 0.15) is 12.6 Å². The van der Waals surface area contributed by atoms with Gasteiger partial charge < -0.3 is 0 Å². The third kappa shape index (κ3) is 2.85. The van der Waals surface area contributed by atoms with Crippen LogP contribution < -0.4 is 0 Å². The predicted molar refractivity (Wildman–Crippen MR) is 73.0 cm³/mol. The molecule has 1 aromatic carbocycles. The molecular formula is C13H17N3O2S. The molecule has 6 heteroatoms. The first-order valence-corrected chi connectivity index (χ1v) is 7.51. The quantitative estimate of drug-likeness (QED) is 0.837. The van der Waals surface area contributed by atoms with Gasteiger partial charge in [0.15, 0.2) is 0 Å². The van der Waals surface area contributed by atoms with Gasteiger partial charge in [0.25, 0.3) is 0 Å². The number of nitrogens with zero attached hydrogens (tertiary/aromatic N) is 3. The van der Waals surface area contributed by atoms with Crippen molar-refractivity contribution >= 4 is 10.0 Å². The van der Waals surface area contributed by atoms with Crippen molar-refractivity contribution in [3.8, 4) is 0 Å². The Morgan fingerprint density at radius 3 is 2.53 bits per heavy atom. The largest absolute Gasteiger partial charge is 0.269 e. The van der Waals surface area contributed by atoms with Crippen LogP contribution in [-0.4, -0.2) is 29.6 Å². The van der Waals surface area contributed by atoms with Crippen molar-refractivity contribution < 1.29 is 8.42 Å². The summed E-state index contributed by atoms with van der Waals surface area (Å²) in [5, 5.41) is 4.14. The van der Waals surface area contributed by atoms with Crippen molar-refractivity contribution in [3.63, 3.8) is 0 Å². The smallest absolute Gasteiger partial charge is 0.243 e. The Hall–Kier alpha value is -1.66. The zero-order chi connectivity index (χ0) is 13.9. The molecule has 0 radical (unpaired) electrons. The van der Waals surface area contributed by atoms with Crippen LogP contribution in [0.3, 0.4) is 0 Å². The first kappa shape index (κ1) is 13.8. The SMILES string of the molecule is CCn1nccc1CN(C)S(=O)(=O)c1ccccc1. The van der Waals surface area contributed by atoms with Gasteiger partial charge in [0.1, 0.15) is 0 Å². The van der Waals surface area contributed by atoms with Gasteiger partial charge in [0, 0.05) is 19.8 Å². The van der Waals surface area contributed by atoms with Gasteiger partial charge in [-0.15, -0.1) is 0 Å². The predicted octanol–water partition coefficient (Wildman–Crippen LogP) is 1.72. The Bertz CT molecular complexity index is 635. The molecule has 0 saturated heterocycles. The van der Waals surface area contributed by atoms with Crippen molar-refractivity contribution in [3.05, 3.63) is 48.3 Å². The first-order chi connectivity index (χ1) is 9.05. The molecule has 2 aromatic rings. The molecular weight excluding hydrogens is 262 g/mol. The molecule has 0 spiro atoms. The highest BCUT2D eigenvalue weighted by Gasteiger charge is 2.21. The van der Waals surface area contributed by atoms with Crippen LogP contribution in [0, 0.1) is 0 Å². The Morgan fingerprint density at radius 1 is 1.21 bits per heavy atom. The fourth-order valence-electron chi connectivity index (χ4n) is 1.86. The van der Waals surface area contributed by atoms with Gasteiger partial charge in [0.05, 0.1) is 17.1 Å². The highest BCUT2D eigenvalue weighted by Crippen LogP contribution is 2.16. The molecule has 0 unspecified atom stereocenters. The van der Waals surface area contributed by atoms with E-state index in [9.17, 15) is 8.42 Å². The fourth-order valence-corrected chi connectivity index (χ4v) is 3.03. The fraction of sp³-hybridized carbons (Fsp3) is 0.308. The lowest BCUT2D eigenvalue weighted by atomic mass is 10.4. The molecule has 0 aliphatic rings. The molecule has 1 heterocycles. The van der Waals surface area contributed by atoms with Gasteiger partial charge in [-0.1, -0.05) is 18.2 Å². The van der Waals surface area contributed by atoms with E-state index in [1.54, 1.807) is 48.3 Å². The standard InChI is InChI=1S/C13H17N3O2S/c1-3-16-12(9-10-14-16)11-15(2)19(17,18)13-7-5-4-6-8-13/h4-10H,3,11H2,1-2H3. The summed E-state index contributed by atoms with van der Waals surface area (Å²) in [5.74, 6) is 0. The molecule has 0 amide bonds. The second kappa shape index (κ2) is 5.54. The highest BCUT2D eigenvalue weighted by atomic mass is 32.2. The average Bonchev–Trinajstić information content (AvgIpc) is 2.87. The number of aryl methyl sites for hydroxylation is 1. The Kier molecular flexibility index (Phi) is 4.01. The summed E-state index contributed by atoms with van der Waals surface area (Å²) in [5.41, 5.74) is 0.879. The van der Waals surface area contributed by atoms with Crippen molar-refractivity contribution in [1.82, 2.24) is 14.1 Å². The summed E-state index contributed by atoms with van der Waals surface area (Å²) in [6.07, 6.45) is 1.68. The maximum atomic E-state index is 12.4. The summed E-state index contributed by atoms with van der Waals surface area (Å²) in [7, 11) is -1.87. The van der Waals surface area contributed by atoms with Crippen LogP contribution >= 0.6 is 0 Å². The molecule has 5 nitrogen and oxygen atoms in total. The van der Waals surface area contributed by atoms with Crippen LogP contribution in [0.4, 0.5) is 0 Å². The third-order valence-electron chi connectivity index (χ3n) is 2.94. The maximum absolute atomic E-state index is 12.4. The molecule has 0 aliphatic carbocycles. The number of benzene rings is 1. The normalized spacial score (nSPS) is 11.9. The number of rotatable bonds is 5. The lowest BCUT2D eigenvalue weighted by molar-refractivity contribution is 0.447. The van der Waals surface area contributed by atoms with Gasteiger partial charge >= 0.3 is 0 Å². The molecule has 0 saturated carbocycles. The number of hydrogen-bond donors (Lipinski definition) is 0. The first-order valence-electron chi connectivity index (χ1n) is 6.07. The Morgan fingerprint density at radius 2 is 1.89 bits per heavy atom. The van der Waals surface area contributed by atoms with Gasteiger partial charge in [-0.3, -0.25) is 4.68 Å². The molecule has 102 valence electrons. The second-order valence-electron chi connectivity index (χ2n) is 4.21. The summed E-state index contributed by atoms with van der Waals surface area (Å²) in [6, 6.07) is 10.3. The molecule has 0 atom stereocenters. The third-order valence-corrected chi connectivity index (χ3v) is 4.76. The number of aromatic nitrogens is 2. The van der Waals surface area contributed by atoms with Gasteiger partial charge in [0.2, 0.25) is 10.0 Å². The Balaban J connectivity index is 2.23. The highest BCUT2D eigenvalue weighted by molar-refractivity contribution is 7.89. The van der Waals surface area contributed by atoms with Crippen molar-refractivity contribution in [1.29, 1.82) is 0 Å². The lowest BCUT2D eigenvalue weighted by Crippen LogP contribution is -2.27. The van der Waals surface area contributed by atoms with E-state index in [4.69, 9.17) is 0 Å². The summed E-state index contributed by atoms with van der Waals surface area (Å²) in [6.45, 7) is 3.01. The topological polar surface area (TPSA) is 55.2 Å². The van der Waals surface area contributed by atoms with Crippen LogP contribution in [0.15, 0.2) is 47.5 Å². The molecule has 0 aliphatic heterocycles. The van der Waals surface area contributed by atoms with Crippen LogP contribution in [0.25, 0.3) is 0 Å². The van der Waals surface area contributed by atoms with E-state index in [0.29, 0.717) is 11.4 Å². The average molecular weight is 279 g/mol. The van der Waals surface area contributed by atoms with E-state index in [1.165, 1.54) is 4.31 Å². The van der Waals surface area contributed by atoms with Crippen LogP contribution in [0.2, 0.25) is 0 Å². The van der Waals surface area contributed by atoms with E-state index < -0.39 is 10.0 Å². The van der Waals surface area contributed by atoms with Crippen LogP contribution in [-0.2, 0) is 23.1 Å². The molecule has 0 bridgehead atoms. The van der Waals surface area contributed by atoms with E-state index in [-0.39, 0.29) is 0 Å². The van der Waals surface area contributed by atoms with Gasteiger partial charge in [-0.2, -0.15) is 9.40 Å². The van der Waals surface area contributed by atoms with Crippen molar-refractivity contribution in [2.45, 2.75) is 24.9 Å². The number of sulfonamides is 1. The monoisotopic (exact) mass is 279 g/mol. The van der Waals surface area contributed by atoms with E-state index in [0.717, 1.165) is 12.2 Å². The minimum Gasteiger partial charge on any atom is -0.269 e. The van der Waals surface area contributed by atoms with E-state index in [1.807, 2.05) is 13.0 Å². The minimum atomic E-state index is -3.45. The van der Waals surface area contributed by atoms with E-state index >= 15 is 0 Å². The molecule has 0 fully saturated rings. The van der Waals surface area contributed by atoms with Gasteiger partial charge in [-0.25, -0.2) is 8.42 Å². The van der Waals surface area contributed by atoms with Crippen molar-refractivity contribution in [2.75, 3.05) is 7.05 Å². The molecule has 2 rings (SSSR count). The lowest BCUT2D eigenvalue weighted by Gasteiger charge is -2.17. The second-order valence-corrected chi connectivity index (χ2v) is 6.26.